The molecule has 1 N–H and O–H groups in total. The molecule has 20 heavy (non-hydrogen) atoms. The van der Waals surface area contributed by atoms with Gasteiger partial charge in [0.2, 0.25) is 5.91 Å². The third-order valence-electron chi connectivity index (χ3n) is 3.89. The Kier molecular flexibility index (Phi) is 4.48. The van der Waals surface area contributed by atoms with Crippen LogP contribution in [0.1, 0.15) is 50.3 Å². The molecule has 0 radical (unpaired) electrons. The Hall–Kier alpha value is -1.35. The number of benzene rings is 1. The van der Waals surface area contributed by atoms with Gasteiger partial charge >= 0.3 is 0 Å². The van der Waals surface area contributed by atoms with E-state index in [1.807, 2.05) is 0 Å². The van der Waals surface area contributed by atoms with Crippen molar-refractivity contribution < 1.29 is 9.53 Å². The zero-order chi connectivity index (χ0) is 14.8. The second kappa shape index (κ2) is 5.96. The maximum absolute atomic E-state index is 12.0. The van der Waals surface area contributed by atoms with Gasteiger partial charge in [0.15, 0.2) is 0 Å². The first kappa shape index (κ1) is 15.0. The summed E-state index contributed by atoms with van der Waals surface area (Å²) in [5.41, 5.74) is 3.82. The lowest BCUT2D eigenvalue weighted by Crippen LogP contribution is -2.33. The minimum Gasteiger partial charge on any atom is -0.368 e. The summed E-state index contributed by atoms with van der Waals surface area (Å²) in [4.78, 5) is 12.0. The molecule has 1 aliphatic heterocycles. The Balaban J connectivity index is 2.03. The molecule has 1 unspecified atom stereocenters. The molecule has 3 heteroatoms. The minimum absolute atomic E-state index is 0.0167. The predicted molar refractivity (Wildman–Crippen MR) is 80.7 cm³/mol. The lowest BCUT2D eigenvalue weighted by Gasteiger charge is -2.21. The van der Waals surface area contributed by atoms with E-state index >= 15 is 0 Å². The van der Waals surface area contributed by atoms with E-state index in [-0.39, 0.29) is 17.4 Å². The summed E-state index contributed by atoms with van der Waals surface area (Å²) in [5.74, 6) is 0.0167. The van der Waals surface area contributed by atoms with Crippen molar-refractivity contribution in [3.05, 3.63) is 34.9 Å². The van der Waals surface area contributed by atoms with Crippen molar-refractivity contribution in [2.24, 2.45) is 0 Å². The molecule has 1 atom stereocenters. The molecular weight excluding hydrogens is 250 g/mol. The molecule has 1 aliphatic rings. The number of hydrogen-bond acceptors (Lipinski definition) is 2. The molecule has 1 saturated heterocycles. The van der Waals surface area contributed by atoms with E-state index in [0.717, 1.165) is 12.8 Å². The minimum atomic E-state index is -0.249. The van der Waals surface area contributed by atoms with Crippen molar-refractivity contribution in [2.75, 3.05) is 6.61 Å². The van der Waals surface area contributed by atoms with Gasteiger partial charge in [-0.05, 0) is 41.9 Å². The molecule has 0 spiro atoms. The Bertz CT molecular complexity index is 482. The molecule has 0 aliphatic carbocycles. The summed E-state index contributed by atoms with van der Waals surface area (Å²) < 4.78 is 5.40. The van der Waals surface area contributed by atoms with E-state index in [0.29, 0.717) is 13.2 Å². The third kappa shape index (κ3) is 3.60. The molecule has 1 amide bonds. The number of nitrogens with one attached hydrogen (secondary N) is 1. The molecule has 0 aromatic heterocycles. The Labute approximate surface area is 121 Å². The standard InChI is InChI=1S/C17H25NO2/c1-12-7-8-14(17(2,3)4)10-13(12)11-18-16(19)15-6-5-9-20-15/h7-8,10,15H,5-6,9,11H2,1-4H3,(H,18,19). The van der Waals surface area contributed by atoms with Gasteiger partial charge in [-0.15, -0.1) is 0 Å². The number of carbonyl (C=O) groups excluding carboxylic acids is 1. The number of carbonyl (C=O) groups is 1. The summed E-state index contributed by atoms with van der Waals surface area (Å²) in [6.07, 6.45) is 1.57. The van der Waals surface area contributed by atoms with Gasteiger partial charge in [-0.1, -0.05) is 39.0 Å². The Morgan fingerprint density at radius 1 is 1.40 bits per heavy atom. The van der Waals surface area contributed by atoms with E-state index < -0.39 is 0 Å². The van der Waals surface area contributed by atoms with Gasteiger partial charge in [0.1, 0.15) is 6.10 Å². The zero-order valence-electron chi connectivity index (χ0n) is 13.0. The van der Waals surface area contributed by atoms with Gasteiger partial charge in [-0.3, -0.25) is 4.79 Å². The van der Waals surface area contributed by atoms with E-state index in [4.69, 9.17) is 4.74 Å². The molecule has 0 bridgehead atoms. The van der Waals surface area contributed by atoms with E-state index in [1.54, 1.807) is 0 Å². The number of hydrogen-bond donors (Lipinski definition) is 1. The molecule has 110 valence electrons. The topological polar surface area (TPSA) is 38.3 Å². The Morgan fingerprint density at radius 2 is 2.15 bits per heavy atom. The highest BCUT2D eigenvalue weighted by Crippen LogP contribution is 2.24. The van der Waals surface area contributed by atoms with Gasteiger partial charge < -0.3 is 10.1 Å². The summed E-state index contributed by atoms with van der Waals surface area (Å²) in [7, 11) is 0. The first-order valence-electron chi connectivity index (χ1n) is 7.37. The number of amides is 1. The SMILES string of the molecule is Cc1ccc(C(C)(C)C)cc1CNC(=O)C1CCCO1. The predicted octanol–water partition coefficient (Wildman–Crippen LogP) is 3.09. The quantitative estimate of drug-likeness (QED) is 0.920. The highest BCUT2D eigenvalue weighted by molar-refractivity contribution is 5.80. The average Bonchev–Trinajstić information content (AvgIpc) is 2.90. The first-order chi connectivity index (χ1) is 9.38. The molecule has 1 heterocycles. The zero-order valence-corrected chi connectivity index (χ0v) is 13.0. The summed E-state index contributed by atoms with van der Waals surface area (Å²) in [5, 5.41) is 3.00. The van der Waals surface area contributed by atoms with Crippen LogP contribution in [0.2, 0.25) is 0 Å². The second-order valence-electron chi connectivity index (χ2n) is 6.61. The van der Waals surface area contributed by atoms with Crippen LogP contribution in [-0.4, -0.2) is 18.6 Å². The number of rotatable bonds is 3. The van der Waals surface area contributed by atoms with Crippen molar-refractivity contribution in [2.45, 2.75) is 58.6 Å². The molecule has 1 fully saturated rings. The summed E-state index contributed by atoms with van der Waals surface area (Å²) in [6, 6.07) is 6.50. The summed E-state index contributed by atoms with van der Waals surface area (Å²) >= 11 is 0. The van der Waals surface area contributed by atoms with Crippen molar-refractivity contribution in [3.63, 3.8) is 0 Å². The van der Waals surface area contributed by atoms with Crippen LogP contribution in [0.5, 0.6) is 0 Å². The van der Waals surface area contributed by atoms with E-state index in [9.17, 15) is 4.79 Å². The molecule has 1 aromatic rings. The van der Waals surface area contributed by atoms with E-state index in [1.165, 1.54) is 16.7 Å². The van der Waals surface area contributed by atoms with Crippen LogP contribution in [0.3, 0.4) is 0 Å². The monoisotopic (exact) mass is 275 g/mol. The van der Waals surface area contributed by atoms with Crippen molar-refractivity contribution >= 4 is 5.91 Å². The fraction of sp³-hybridized carbons (Fsp3) is 0.588. The highest BCUT2D eigenvalue weighted by Gasteiger charge is 2.23. The van der Waals surface area contributed by atoms with Crippen LogP contribution in [0.25, 0.3) is 0 Å². The van der Waals surface area contributed by atoms with Gasteiger partial charge in [0.05, 0.1) is 0 Å². The van der Waals surface area contributed by atoms with Crippen LogP contribution < -0.4 is 5.32 Å². The highest BCUT2D eigenvalue weighted by atomic mass is 16.5. The fourth-order valence-electron chi connectivity index (χ4n) is 2.41. The normalized spacial score (nSPS) is 19.1. The van der Waals surface area contributed by atoms with Gasteiger partial charge in [-0.2, -0.15) is 0 Å². The van der Waals surface area contributed by atoms with Gasteiger partial charge in [0, 0.05) is 13.2 Å². The maximum Gasteiger partial charge on any atom is 0.249 e. The fourth-order valence-corrected chi connectivity index (χ4v) is 2.41. The number of ether oxygens (including phenoxy) is 1. The van der Waals surface area contributed by atoms with Crippen molar-refractivity contribution in [1.82, 2.24) is 5.32 Å². The smallest absolute Gasteiger partial charge is 0.249 e. The molecular formula is C17H25NO2. The van der Waals surface area contributed by atoms with Crippen molar-refractivity contribution in [3.8, 4) is 0 Å². The van der Waals surface area contributed by atoms with E-state index in [2.05, 4.69) is 51.2 Å². The van der Waals surface area contributed by atoms with Crippen LogP contribution in [-0.2, 0) is 21.5 Å². The van der Waals surface area contributed by atoms with Gasteiger partial charge in [0.25, 0.3) is 0 Å². The number of aryl methyl sites for hydroxylation is 1. The van der Waals surface area contributed by atoms with Crippen LogP contribution >= 0.6 is 0 Å². The molecule has 1 aromatic carbocycles. The van der Waals surface area contributed by atoms with Crippen LogP contribution in [0.4, 0.5) is 0 Å². The Morgan fingerprint density at radius 3 is 2.75 bits per heavy atom. The summed E-state index contributed by atoms with van der Waals surface area (Å²) in [6.45, 7) is 9.97. The average molecular weight is 275 g/mol. The van der Waals surface area contributed by atoms with Crippen molar-refractivity contribution in [1.29, 1.82) is 0 Å². The van der Waals surface area contributed by atoms with Gasteiger partial charge in [-0.25, -0.2) is 0 Å². The lowest BCUT2D eigenvalue weighted by atomic mass is 9.85. The maximum atomic E-state index is 12.0. The lowest BCUT2D eigenvalue weighted by molar-refractivity contribution is -0.130. The second-order valence-corrected chi connectivity index (χ2v) is 6.61. The van der Waals surface area contributed by atoms with Crippen LogP contribution in [0.15, 0.2) is 18.2 Å². The first-order valence-corrected chi connectivity index (χ1v) is 7.37. The molecule has 3 nitrogen and oxygen atoms in total. The third-order valence-corrected chi connectivity index (χ3v) is 3.89. The molecule has 0 saturated carbocycles. The largest absolute Gasteiger partial charge is 0.368 e. The molecule has 2 rings (SSSR count). The van der Waals surface area contributed by atoms with Crippen LogP contribution in [0, 0.1) is 6.92 Å².